The van der Waals surface area contributed by atoms with Gasteiger partial charge in [0, 0.05) is 11.1 Å². The minimum atomic E-state index is -3.75. The zero-order valence-electron chi connectivity index (χ0n) is 14.0. The van der Waals surface area contributed by atoms with E-state index in [4.69, 9.17) is 0 Å². The topological polar surface area (TPSA) is 87.2 Å². The van der Waals surface area contributed by atoms with Crippen molar-refractivity contribution in [3.63, 3.8) is 0 Å². The van der Waals surface area contributed by atoms with Crippen LogP contribution in [-0.4, -0.2) is 24.8 Å². The fourth-order valence-electron chi connectivity index (χ4n) is 2.36. The second-order valence-corrected chi connectivity index (χ2v) is 7.22. The lowest BCUT2D eigenvalue weighted by atomic mass is 10.1. The lowest BCUT2D eigenvalue weighted by Gasteiger charge is -2.04. The first-order chi connectivity index (χ1) is 12.5. The van der Waals surface area contributed by atoms with Crippen LogP contribution in [0.2, 0.25) is 0 Å². The summed E-state index contributed by atoms with van der Waals surface area (Å²) < 4.78 is 37.6. The Hall–Kier alpha value is -3.00. The monoisotopic (exact) mass is 372 g/mol. The maximum Gasteiger partial charge on any atom is 0.276 e. The van der Waals surface area contributed by atoms with Gasteiger partial charge in [0.2, 0.25) is 0 Å². The van der Waals surface area contributed by atoms with Crippen LogP contribution in [0.4, 0.5) is 4.39 Å². The third kappa shape index (κ3) is 3.97. The Morgan fingerprint density at radius 1 is 1.15 bits per heavy atom. The van der Waals surface area contributed by atoms with Crippen molar-refractivity contribution < 1.29 is 12.8 Å². The predicted octanol–water partition coefficient (Wildman–Crippen LogP) is 3.09. The van der Waals surface area contributed by atoms with Gasteiger partial charge in [-0.1, -0.05) is 19.1 Å². The van der Waals surface area contributed by atoms with Crippen LogP contribution in [0.25, 0.3) is 11.3 Å². The average Bonchev–Trinajstić information content (AvgIpc) is 3.11. The molecule has 26 heavy (non-hydrogen) atoms. The third-order valence-corrected chi connectivity index (χ3v) is 5.06. The van der Waals surface area contributed by atoms with E-state index in [-0.39, 0.29) is 10.7 Å². The molecule has 0 unspecified atom stereocenters. The number of nitrogens with zero attached hydrogens (tertiary/aromatic N) is 2. The molecule has 0 saturated heterocycles. The van der Waals surface area contributed by atoms with Crippen molar-refractivity contribution in [1.29, 1.82) is 0 Å². The van der Waals surface area contributed by atoms with Gasteiger partial charge in [0.1, 0.15) is 5.82 Å². The number of H-pyrrole nitrogens is 1. The van der Waals surface area contributed by atoms with Crippen molar-refractivity contribution in [2.75, 3.05) is 0 Å². The second-order valence-electron chi connectivity index (χ2n) is 5.56. The first-order valence-electron chi connectivity index (χ1n) is 7.92. The number of hydrogen-bond acceptors (Lipinski definition) is 4. The number of hydrogen-bond donors (Lipinski definition) is 2. The summed E-state index contributed by atoms with van der Waals surface area (Å²) in [4.78, 5) is 2.32. The number of rotatable bonds is 6. The molecule has 0 atom stereocenters. The van der Waals surface area contributed by atoms with Gasteiger partial charge < -0.3 is 0 Å². The summed E-state index contributed by atoms with van der Waals surface area (Å²) in [5, 5.41) is 10.5. The number of nitrogens with one attached hydrogen (secondary N) is 2. The van der Waals surface area contributed by atoms with Gasteiger partial charge in [0.15, 0.2) is 0 Å². The van der Waals surface area contributed by atoms with Crippen LogP contribution < -0.4 is 4.83 Å². The van der Waals surface area contributed by atoms with Crippen LogP contribution in [0.3, 0.4) is 0 Å². The second kappa shape index (κ2) is 7.49. The standard InChI is InChI=1S/C18H17FN4O2S/c1-2-13-3-9-17(10-4-13)26(24,25)23-21-12-15-11-20-22-18(15)14-5-7-16(19)8-6-14/h3-12,23H,2H2,1H3,(H,20,22). The molecule has 6 nitrogen and oxygen atoms in total. The van der Waals surface area contributed by atoms with E-state index >= 15 is 0 Å². The van der Waals surface area contributed by atoms with Crippen molar-refractivity contribution in [3.05, 3.63) is 71.7 Å². The third-order valence-electron chi connectivity index (χ3n) is 3.82. The van der Waals surface area contributed by atoms with Crippen molar-refractivity contribution in [1.82, 2.24) is 15.0 Å². The molecular formula is C18H17FN4O2S. The van der Waals surface area contributed by atoms with Crippen LogP contribution in [0.1, 0.15) is 18.1 Å². The summed E-state index contributed by atoms with van der Waals surface area (Å²) in [6.45, 7) is 2.00. The minimum Gasteiger partial charge on any atom is -0.277 e. The van der Waals surface area contributed by atoms with E-state index in [9.17, 15) is 12.8 Å². The molecule has 1 heterocycles. The highest BCUT2D eigenvalue weighted by Gasteiger charge is 2.12. The van der Waals surface area contributed by atoms with Gasteiger partial charge in [-0.25, -0.2) is 9.22 Å². The SMILES string of the molecule is CCc1ccc(S(=O)(=O)NN=Cc2cn[nH]c2-c2ccc(F)cc2)cc1. The summed E-state index contributed by atoms with van der Waals surface area (Å²) in [5.41, 5.74) is 2.94. The molecule has 3 rings (SSSR count). The van der Waals surface area contributed by atoms with E-state index < -0.39 is 10.0 Å². The van der Waals surface area contributed by atoms with Crippen LogP contribution in [-0.2, 0) is 16.4 Å². The van der Waals surface area contributed by atoms with E-state index in [0.717, 1.165) is 12.0 Å². The summed E-state index contributed by atoms with van der Waals surface area (Å²) in [6, 6.07) is 12.5. The molecular weight excluding hydrogens is 355 g/mol. The zero-order valence-corrected chi connectivity index (χ0v) is 14.8. The molecule has 0 fully saturated rings. The Kier molecular flexibility index (Phi) is 5.13. The van der Waals surface area contributed by atoms with Gasteiger partial charge in [-0.05, 0) is 48.4 Å². The van der Waals surface area contributed by atoms with E-state index in [2.05, 4.69) is 20.1 Å². The van der Waals surface area contributed by atoms with Gasteiger partial charge in [-0.2, -0.15) is 18.6 Å². The summed E-state index contributed by atoms with van der Waals surface area (Å²) >= 11 is 0. The number of benzene rings is 2. The summed E-state index contributed by atoms with van der Waals surface area (Å²) in [7, 11) is -3.75. The van der Waals surface area contributed by atoms with Crippen LogP contribution in [0, 0.1) is 5.82 Å². The van der Waals surface area contributed by atoms with Crippen molar-refractivity contribution >= 4 is 16.2 Å². The molecule has 2 N–H and O–H groups in total. The molecule has 0 bridgehead atoms. The van der Waals surface area contributed by atoms with Gasteiger partial charge >= 0.3 is 0 Å². The van der Waals surface area contributed by atoms with E-state index in [1.807, 2.05) is 6.92 Å². The largest absolute Gasteiger partial charge is 0.277 e. The molecule has 2 aromatic carbocycles. The van der Waals surface area contributed by atoms with E-state index in [1.54, 1.807) is 36.4 Å². The summed E-state index contributed by atoms with van der Waals surface area (Å²) in [5.74, 6) is -0.342. The van der Waals surface area contributed by atoms with Gasteiger partial charge in [0.05, 0.1) is 23.0 Å². The first-order valence-corrected chi connectivity index (χ1v) is 9.41. The Morgan fingerprint density at radius 3 is 2.50 bits per heavy atom. The molecule has 0 spiro atoms. The Labute approximate surface area is 150 Å². The highest BCUT2D eigenvalue weighted by atomic mass is 32.2. The normalized spacial score (nSPS) is 11.8. The lowest BCUT2D eigenvalue weighted by Crippen LogP contribution is -2.18. The number of aryl methyl sites for hydroxylation is 1. The Morgan fingerprint density at radius 2 is 1.85 bits per heavy atom. The van der Waals surface area contributed by atoms with Gasteiger partial charge in [0.25, 0.3) is 10.0 Å². The fraction of sp³-hybridized carbons (Fsp3) is 0.111. The highest BCUT2D eigenvalue weighted by molar-refractivity contribution is 7.89. The number of sulfonamides is 1. The fourth-order valence-corrected chi connectivity index (χ4v) is 3.15. The van der Waals surface area contributed by atoms with Crippen molar-refractivity contribution in [2.45, 2.75) is 18.2 Å². The maximum atomic E-state index is 13.0. The van der Waals surface area contributed by atoms with Crippen LogP contribution in [0.5, 0.6) is 0 Å². The zero-order chi connectivity index (χ0) is 18.6. The average molecular weight is 372 g/mol. The molecule has 134 valence electrons. The number of halogens is 1. The number of aromatic amines is 1. The smallest absolute Gasteiger partial charge is 0.276 e. The molecule has 0 radical (unpaired) electrons. The molecule has 0 aliphatic rings. The van der Waals surface area contributed by atoms with E-state index in [0.29, 0.717) is 16.8 Å². The molecule has 0 saturated carbocycles. The molecule has 8 heteroatoms. The molecule has 1 aromatic heterocycles. The maximum absolute atomic E-state index is 13.0. The van der Waals surface area contributed by atoms with Gasteiger partial charge in [-0.15, -0.1) is 0 Å². The van der Waals surface area contributed by atoms with Crippen molar-refractivity contribution in [2.24, 2.45) is 5.10 Å². The molecule has 0 aliphatic heterocycles. The quantitative estimate of drug-likeness (QED) is 0.515. The van der Waals surface area contributed by atoms with Gasteiger partial charge in [-0.3, -0.25) is 5.10 Å². The predicted molar refractivity (Wildman–Crippen MR) is 97.7 cm³/mol. The Balaban J connectivity index is 1.76. The molecule has 0 aliphatic carbocycles. The summed E-state index contributed by atoms with van der Waals surface area (Å²) in [6.07, 6.45) is 3.69. The number of hydrazone groups is 1. The minimum absolute atomic E-state index is 0.137. The Bertz CT molecular complexity index is 1010. The van der Waals surface area contributed by atoms with E-state index in [1.165, 1.54) is 24.5 Å². The van der Waals surface area contributed by atoms with Crippen molar-refractivity contribution in [3.8, 4) is 11.3 Å². The first kappa shape index (κ1) is 17.8. The lowest BCUT2D eigenvalue weighted by molar-refractivity contribution is 0.584. The number of aromatic nitrogens is 2. The van der Waals surface area contributed by atoms with Crippen LogP contribution in [0.15, 0.2) is 64.7 Å². The van der Waals surface area contributed by atoms with Crippen LogP contribution >= 0.6 is 0 Å². The highest BCUT2D eigenvalue weighted by Crippen LogP contribution is 2.20. The molecule has 0 amide bonds. The molecule has 3 aromatic rings.